The Morgan fingerprint density at radius 1 is 1.08 bits per heavy atom. The molecule has 132 valence electrons. The Morgan fingerprint density at radius 2 is 1.69 bits per heavy atom. The first-order valence-corrected chi connectivity index (χ1v) is 8.74. The molecule has 0 fully saturated rings. The van der Waals surface area contributed by atoms with Gasteiger partial charge in [-0.3, -0.25) is 4.79 Å². The quantitative estimate of drug-likeness (QED) is 0.614. The molecule has 0 bridgehead atoms. The zero-order valence-corrected chi connectivity index (χ0v) is 15.2. The van der Waals surface area contributed by atoms with E-state index < -0.39 is 0 Å². The van der Waals surface area contributed by atoms with E-state index in [9.17, 15) is 4.79 Å². The number of para-hydroxylation sites is 1. The zero-order valence-electron chi connectivity index (χ0n) is 15.2. The number of benzene rings is 2. The molecule has 0 aliphatic carbocycles. The predicted molar refractivity (Wildman–Crippen MR) is 105 cm³/mol. The van der Waals surface area contributed by atoms with E-state index in [1.807, 2.05) is 80.6 Å². The normalized spacial score (nSPS) is 10.5. The monoisotopic (exact) mass is 345 g/mol. The van der Waals surface area contributed by atoms with Gasteiger partial charge in [0.2, 0.25) is 0 Å². The van der Waals surface area contributed by atoms with Gasteiger partial charge in [0.15, 0.2) is 0 Å². The Kier molecular flexibility index (Phi) is 5.32. The van der Waals surface area contributed by atoms with E-state index in [0.717, 1.165) is 22.5 Å². The smallest absolute Gasteiger partial charge is 0.272 e. The molecule has 26 heavy (non-hydrogen) atoms. The molecule has 1 aromatic heterocycles. The summed E-state index contributed by atoms with van der Waals surface area (Å²) in [6.45, 7) is 9.00. The zero-order chi connectivity index (χ0) is 18.5. The lowest BCUT2D eigenvalue weighted by Gasteiger charge is -2.21. The lowest BCUT2D eigenvalue weighted by Crippen LogP contribution is -2.33. The number of hydrogen-bond donors (Lipinski definition) is 0. The SMILES string of the molecule is C=C(C)CN(CC)C(=O)c1cc(-c2ccccc2)nn1-c1ccccc1. The van der Waals surface area contributed by atoms with Crippen molar-refractivity contribution in [1.29, 1.82) is 0 Å². The van der Waals surface area contributed by atoms with E-state index in [1.54, 1.807) is 9.58 Å². The van der Waals surface area contributed by atoms with Crippen LogP contribution in [0.15, 0.2) is 78.9 Å². The van der Waals surface area contributed by atoms with Gasteiger partial charge in [0, 0.05) is 18.7 Å². The van der Waals surface area contributed by atoms with Crippen LogP contribution in [0.25, 0.3) is 16.9 Å². The minimum absolute atomic E-state index is 0.0472. The number of hydrogen-bond acceptors (Lipinski definition) is 2. The second-order valence-corrected chi connectivity index (χ2v) is 6.30. The number of nitrogens with zero attached hydrogens (tertiary/aromatic N) is 3. The van der Waals surface area contributed by atoms with Crippen LogP contribution in [-0.2, 0) is 0 Å². The number of rotatable bonds is 6. The van der Waals surface area contributed by atoms with Gasteiger partial charge in [-0.2, -0.15) is 5.10 Å². The first-order chi connectivity index (χ1) is 12.6. The number of carbonyl (C=O) groups excluding carboxylic acids is 1. The summed E-state index contributed by atoms with van der Waals surface area (Å²) in [7, 11) is 0. The highest BCUT2D eigenvalue weighted by Gasteiger charge is 2.22. The summed E-state index contributed by atoms with van der Waals surface area (Å²) in [5.74, 6) is -0.0472. The van der Waals surface area contributed by atoms with Crippen molar-refractivity contribution in [1.82, 2.24) is 14.7 Å². The summed E-state index contributed by atoms with van der Waals surface area (Å²) >= 11 is 0. The summed E-state index contributed by atoms with van der Waals surface area (Å²) in [5.41, 5.74) is 4.14. The van der Waals surface area contributed by atoms with Crippen molar-refractivity contribution in [2.75, 3.05) is 13.1 Å². The second-order valence-electron chi connectivity index (χ2n) is 6.30. The third kappa shape index (κ3) is 3.75. The molecular formula is C22H23N3O. The summed E-state index contributed by atoms with van der Waals surface area (Å²) in [6.07, 6.45) is 0. The molecule has 0 spiro atoms. The molecule has 4 nitrogen and oxygen atoms in total. The van der Waals surface area contributed by atoms with E-state index in [4.69, 9.17) is 5.10 Å². The van der Waals surface area contributed by atoms with Crippen molar-refractivity contribution < 1.29 is 4.79 Å². The second kappa shape index (κ2) is 7.83. The van der Waals surface area contributed by atoms with E-state index >= 15 is 0 Å². The highest BCUT2D eigenvalue weighted by molar-refractivity contribution is 5.94. The highest BCUT2D eigenvalue weighted by Crippen LogP contribution is 2.22. The average molecular weight is 345 g/mol. The Labute approximate surface area is 154 Å². The first kappa shape index (κ1) is 17.7. The van der Waals surface area contributed by atoms with Gasteiger partial charge in [-0.15, -0.1) is 0 Å². The van der Waals surface area contributed by atoms with Crippen LogP contribution < -0.4 is 0 Å². The maximum absolute atomic E-state index is 13.2. The molecule has 0 saturated heterocycles. The third-order valence-electron chi connectivity index (χ3n) is 4.13. The minimum Gasteiger partial charge on any atom is -0.334 e. The molecule has 0 saturated carbocycles. The van der Waals surface area contributed by atoms with E-state index in [1.165, 1.54) is 0 Å². The van der Waals surface area contributed by atoms with E-state index in [-0.39, 0.29) is 5.91 Å². The Bertz CT molecular complexity index is 898. The van der Waals surface area contributed by atoms with Gasteiger partial charge >= 0.3 is 0 Å². The fourth-order valence-corrected chi connectivity index (χ4v) is 2.86. The molecule has 2 aromatic carbocycles. The molecule has 0 N–H and O–H groups in total. The molecule has 4 heteroatoms. The van der Waals surface area contributed by atoms with Gasteiger partial charge in [-0.25, -0.2) is 4.68 Å². The van der Waals surface area contributed by atoms with Crippen LogP contribution in [0.3, 0.4) is 0 Å². The summed E-state index contributed by atoms with van der Waals surface area (Å²) in [6, 6.07) is 21.5. The standard InChI is InChI=1S/C22H23N3O/c1-4-24(16-17(2)3)22(26)21-15-20(18-11-7-5-8-12-18)23-25(21)19-13-9-6-10-14-19/h5-15H,2,4,16H2,1,3H3. The number of amides is 1. The predicted octanol–water partition coefficient (Wildman–Crippen LogP) is 4.58. The minimum atomic E-state index is -0.0472. The van der Waals surface area contributed by atoms with Crippen LogP contribution in [0.5, 0.6) is 0 Å². The fourth-order valence-electron chi connectivity index (χ4n) is 2.86. The first-order valence-electron chi connectivity index (χ1n) is 8.74. The van der Waals surface area contributed by atoms with Gasteiger partial charge in [0.25, 0.3) is 5.91 Å². The van der Waals surface area contributed by atoms with Crippen molar-refractivity contribution >= 4 is 5.91 Å². The number of aromatic nitrogens is 2. The van der Waals surface area contributed by atoms with Gasteiger partial charge in [0.05, 0.1) is 11.4 Å². The van der Waals surface area contributed by atoms with Crippen LogP contribution in [0.2, 0.25) is 0 Å². The fraction of sp³-hybridized carbons (Fsp3) is 0.182. The molecule has 3 rings (SSSR count). The van der Waals surface area contributed by atoms with Gasteiger partial charge < -0.3 is 4.90 Å². The van der Waals surface area contributed by atoms with Crippen LogP contribution in [-0.4, -0.2) is 33.7 Å². The van der Waals surface area contributed by atoms with Crippen molar-refractivity contribution in [3.63, 3.8) is 0 Å². The topological polar surface area (TPSA) is 38.1 Å². The van der Waals surface area contributed by atoms with Crippen LogP contribution in [0.4, 0.5) is 0 Å². The van der Waals surface area contributed by atoms with Crippen LogP contribution in [0.1, 0.15) is 24.3 Å². The molecule has 1 heterocycles. The Morgan fingerprint density at radius 3 is 2.27 bits per heavy atom. The molecule has 0 radical (unpaired) electrons. The summed E-state index contributed by atoms with van der Waals surface area (Å²) in [4.78, 5) is 15.0. The van der Waals surface area contributed by atoms with E-state index in [0.29, 0.717) is 18.8 Å². The molecule has 3 aromatic rings. The highest BCUT2D eigenvalue weighted by atomic mass is 16.2. The van der Waals surface area contributed by atoms with Crippen LogP contribution >= 0.6 is 0 Å². The summed E-state index contributed by atoms with van der Waals surface area (Å²) in [5, 5.41) is 4.71. The van der Waals surface area contributed by atoms with Gasteiger partial charge in [-0.1, -0.05) is 60.7 Å². The Balaban J connectivity index is 2.09. The van der Waals surface area contributed by atoms with Crippen molar-refractivity contribution in [3.05, 3.63) is 84.6 Å². The largest absolute Gasteiger partial charge is 0.334 e. The van der Waals surface area contributed by atoms with E-state index in [2.05, 4.69) is 6.58 Å². The molecule has 0 aliphatic heterocycles. The molecule has 0 unspecified atom stereocenters. The maximum atomic E-state index is 13.2. The van der Waals surface area contributed by atoms with Gasteiger partial charge in [-0.05, 0) is 32.0 Å². The lowest BCUT2D eigenvalue weighted by molar-refractivity contribution is 0.0769. The van der Waals surface area contributed by atoms with Crippen molar-refractivity contribution in [2.45, 2.75) is 13.8 Å². The molecule has 0 aliphatic rings. The van der Waals surface area contributed by atoms with Crippen molar-refractivity contribution in [3.8, 4) is 16.9 Å². The van der Waals surface area contributed by atoms with Crippen LogP contribution in [0, 0.1) is 0 Å². The average Bonchev–Trinajstić information content (AvgIpc) is 3.12. The number of carbonyl (C=O) groups is 1. The van der Waals surface area contributed by atoms with Crippen molar-refractivity contribution in [2.24, 2.45) is 0 Å². The third-order valence-corrected chi connectivity index (χ3v) is 4.13. The molecule has 0 atom stereocenters. The lowest BCUT2D eigenvalue weighted by atomic mass is 10.1. The number of likely N-dealkylation sites (N-methyl/N-ethyl adjacent to an activating group) is 1. The van der Waals surface area contributed by atoms with Gasteiger partial charge in [0.1, 0.15) is 5.69 Å². The maximum Gasteiger partial charge on any atom is 0.272 e. The molecule has 1 amide bonds. The summed E-state index contributed by atoms with van der Waals surface area (Å²) < 4.78 is 1.73. The molecular weight excluding hydrogens is 322 g/mol. The Hall–Kier alpha value is -3.14.